The second kappa shape index (κ2) is 12.9. The maximum absolute atomic E-state index is 15.2. The van der Waals surface area contributed by atoms with Crippen molar-refractivity contribution in [2.45, 2.75) is 63.0 Å². The number of imide groups is 2. The Hall–Kier alpha value is -4.83. The summed E-state index contributed by atoms with van der Waals surface area (Å²) in [5, 5.41) is 11.6. The summed E-state index contributed by atoms with van der Waals surface area (Å²) in [6.07, 6.45) is -8.18. The number of amides is 4. The number of benzene rings is 2. The molecule has 55 heavy (non-hydrogen) atoms. The van der Waals surface area contributed by atoms with Gasteiger partial charge in [0.25, 0.3) is 11.8 Å². The highest BCUT2D eigenvalue weighted by molar-refractivity contribution is 6.33. The van der Waals surface area contributed by atoms with Crippen LogP contribution in [0.2, 0.25) is 10.0 Å². The van der Waals surface area contributed by atoms with Crippen LogP contribution < -0.4 is 10.2 Å². The lowest BCUT2D eigenvalue weighted by atomic mass is 9.49. The fraction of sp³-hybridized carbons (Fsp3) is 0.378. The number of hydrogen-bond donors (Lipinski definition) is 2. The predicted molar refractivity (Wildman–Crippen MR) is 183 cm³/mol. The van der Waals surface area contributed by atoms with Gasteiger partial charge in [0, 0.05) is 28.2 Å². The van der Waals surface area contributed by atoms with Gasteiger partial charge in [-0.1, -0.05) is 47.0 Å². The molecule has 6 atom stereocenters. The van der Waals surface area contributed by atoms with Gasteiger partial charge >= 0.3 is 12.5 Å². The van der Waals surface area contributed by atoms with Crippen molar-refractivity contribution < 1.29 is 55.4 Å². The standard InChI is InChI=1S/C37H30Cl2F6N4O6/c1-34(2,3)48-30(51)21-10-9-20-22(27(21)32(48)53)14-24-31(52)49(47-29-25(39)12-17(15-46-29)36(40,41)42)33(54)35(24,16-4-6-18(38)7-5-16)28(20)23-13-19(8-11-26(23)50)55-37(43,44)45/h4-9,11-13,15,21-22,24,27-28,50H,10,14H2,1-3H3,(H,46,47)/t21-,22+,24-,27-,28+,35+/m0/s1. The number of phenols is 1. The molecular formula is C37H30Cl2F6N4O6. The Bertz CT molecular complexity index is 2170. The van der Waals surface area contributed by atoms with Gasteiger partial charge < -0.3 is 9.84 Å². The average Bonchev–Trinajstić information content (AvgIpc) is 3.47. The number of aromatic nitrogens is 1. The van der Waals surface area contributed by atoms with Gasteiger partial charge in [-0.25, -0.2) is 4.98 Å². The number of nitrogens with one attached hydrogen (secondary N) is 1. The van der Waals surface area contributed by atoms with Crippen LogP contribution in [0.1, 0.15) is 56.2 Å². The van der Waals surface area contributed by atoms with Gasteiger partial charge in [-0.15, -0.1) is 13.2 Å². The summed E-state index contributed by atoms with van der Waals surface area (Å²) < 4.78 is 85.2. The molecule has 10 nitrogen and oxygen atoms in total. The molecule has 3 fully saturated rings. The van der Waals surface area contributed by atoms with Crippen molar-refractivity contribution in [3.8, 4) is 11.5 Å². The first-order valence-corrected chi connectivity index (χ1v) is 17.6. The smallest absolute Gasteiger partial charge is 0.508 e. The molecule has 7 rings (SSSR count). The fourth-order valence-corrected chi connectivity index (χ4v) is 9.08. The van der Waals surface area contributed by atoms with Crippen LogP contribution in [-0.2, 0) is 30.8 Å². The summed E-state index contributed by atoms with van der Waals surface area (Å²) in [5.41, 5.74) is -1.63. The molecule has 3 heterocycles. The molecule has 0 bridgehead atoms. The van der Waals surface area contributed by atoms with E-state index in [1.807, 2.05) is 0 Å². The maximum Gasteiger partial charge on any atom is 0.573 e. The van der Waals surface area contributed by atoms with Crippen molar-refractivity contribution >= 4 is 52.6 Å². The van der Waals surface area contributed by atoms with Crippen molar-refractivity contribution in [3.63, 3.8) is 0 Å². The van der Waals surface area contributed by atoms with Crippen LogP contribution in [0.4, 0.5) is 32.2 Å². The van der Waals surface area contributed by atoms with Gasteiger partial charge in [0.2, 0.25) is 11.8 Å². The number of ether oxygens (including phenoxy) is 1. The summed E-state index contributed by atoms with van der Waals surface area (Å²) in [6, 6.07) is 8.94. The maximum atomic E-state index is 15.2. The molecule has 2 aliphatic carbocycles. The molecule has 1 saturated carbocycles. The normalized spacial score (nSPS) is 26.8. The van der Waals surface area contributed by atoms with E-state index in [1.54, 1.807) is 26.8 Å². The molecule has 2 N–H and O–H groups in total. The van der Waals surface area contributed by atoms with Gasteiger partial charge in [0.05, 0.1) is 33.8 Å². The van der Waals surface area contributed by atoms with Crippen molar-refractivity contribution in [3.05, 3.63) is 93.1 Å². The third-order valence-electron chi connectivity index (χ3n) is 10.8. The second-order valence-corrected chi connectivity index (χ2v) is 15.7. The highest BCUT2D eigenvalue weighted by Crippen LogP contribution is 2.65. The number of rotatable bonds is 5. The molecule has 1 aromatic heterocycles. The van der Waals surface area contributed by atoms with E-state index in [0.717, 1.165) is 23.1 Å². The molecule has 2 aliphatic heterocycles. The molecule has 0 spiro atoms. The first kappa shape index (κ1) is 38.4. The molecule has 0 unspecified atom stereocenters. The largest absolute Gasteiger partial charge is 0.573 e. The van der Waals surface area contributed by atoms with E-state index < -0.39 is 105 Å². The first-order chi connectivity index (χ1) is 25.6. The van der Waals surface area contributed by atoms with Gasteiger partial charge in [-0.05, 0) is 81.5 Å². The van der Waals surface area contributed by atoms with E-state index in [4.69, 9.17) is 23.2 Å². The number of carbonyl (C=O) groups is 4. The first-order valence-electron chi connectivity index (χ1n) is 16.9. The molecular weight excluding hydrogens is 781 g/mol. The summed E-state index contributed by atoms with van der Waals surface area (Å²) >= 11 is 12.4. The lowest BCUT2D eigenvalue weighted by Crippen LogP contribution is -2.53. The Morgan fingerprint density at radius 1 is 0.909 bits per heavy atom. The zero-order valence-electron chi connectivity index (χ0n) is 28.9. The zero-order chi connectivity index (χ0) is 40.2. The number of pyridine rings is 1. The van der Waals surface area contributed by atoms with E-state index in [-0.39, 0.29) is 29.0 Å². The van der Waals surface area contributed by atoms with Crippen LogP contribution >= 0.6 is 23.2 Å². The second-order valence-electron chi connectivity index (χ2n) is 14.9. The van der Waals surface area contributed by atoms with Crippen molar-refractivity contribution in [1.82, 2.24) is 14.9 Å². The van der Waals surface area contributed by atoms with Crippen LogP contribution in [0, 0.1) is 23.7 Å². The minimum Gasteiger partial charge on any atom is -0.508 e. The molecule has 4 aliphatic rings. The summed E-state index contributed by atoms with van der Waals surface area (Å²) in [7, 11) is 0. The monoisotopic (exact) mass is 810 g/mol. The van der Waals surface area contributed by atoms with E-state index in [2.05, 4.69) is 15.1 Å². The van der Waals surface area contributed by atoms with Crippen LogP contribution in [0.3, 0.4) is 0 Å². The SMILES string of the molecule is CC(C)(C)N1C(=O)[C@H]2[C@H](CC=C3[C@H]2C[C@H]2C(=O)N(Nc4ncc(C(F)(F)F)cc4Cl)C(=O)[C@@]2(c2ccc(Cl)cc2)[C@H]3c2cc(OC(F)(F)F)ccc2O)C1=O. The number of hydrazine groups is 1. The van der Waals surface area contributed by atoms with Gasteiger partial charge in [0.15, 0.2) is 5.82 Å². The van der Waals surface area contributed by atoms with Gasteiger partial charge in [0.1, 0.15) is 11.5 Å². The third-order valence-corrected chi connectivity index (χ3v) is 11.3. The van der Waals surface area contributed by atoms with Crippen LogP contribution in [0.25, 0.3) is 0 Å². The Kier molecular flexibility index (Phi) is 8.99. The Balaban J connectivity index is 1.47. The highest BCUT2D eigenvalue weighted by Gasteiger charge is 2.71. The summed E-state index contributed by atoms with van der Waals surface area (Å²) in [4.78, 5) is 62.8. The lowest BCUT2D eigenvalue weighted by Gasteiger charge is -2.50. The van der Waals surface area contributed by atoms with Crippen molar-refractivity contribution in [2.24, 2.45) is 23.7 Å². The number of allylic oxidation sites excluding steroid dienone is 2. The van der Waals surface area contributed by atoms with Crippen LogP contribution in [0.5, 0.6) is 11.5 Å². The van der Waals surface area contributed by atoms with Gasteiger partial charge in [-0.3, -0.25) is 29.5 Å². The number of phenolic OH excluding ortho intramolecular Hbond substituents is 1. The minimum atomic E-state index is -5.17. The molecule has 2 aromatic carbocycles. The highest BCUT2D eigenvalue weighted by atomic mass is 35.5. The van der Waals surface area contributed by atoms with Crippen LogP contribution in [0.15, 0.2) is 66.4 Å². The number of likely N-dealkylation sites (tertiary alicyclic amines) is 1. The van der Waals surface area contributed by atoms with Crippen molar-refractivity contribution in [1.29, 1.82) is 0 Å². The quantitative estimate of drug-likeness (QED) is 0.152. The minimum absolute atomic E-state index is 0.0137. The predicted octanol–water partition coefficient (Wildman–Crippen LogP) is 7.79. The number of aromatic hydroxyl groups is 1. The number of fused-ring (bicyclic) bond motifs is 4. The number of carbonyl (C=O) groups excluding carboxylic acids is 4. The Morgan fingerprint density at radius 3 is 2.18 bits per heavy atom. The summed E-state index contributed by atoms with van der Waals surface area (Å²) in [6.45, 7) is 5.03. The lowest BCUT2D eigenvalue weighted by molar-refractivity contribution is -0.274. The number of hydrogen-bond acceptors (Lipinski definition) is 8. The zero-order valence-corrected chi connectivity index (χ0v) is 30.4. The molecule has 18 heteroatoms. The molecule has 3 aromatic rings. The van der Waals surface area contributed by atoms with E-state index in [0.29, 0.717) is 22.8 Å². The molecule has 0 radical (unpaired) electrons. The molecule has 4 amide bonds. The Morgan fingerprint density at radius 2 is 1.58 bits per heavy atom. The van der Waals surface area contributed by atoms with E-state index >= 15 is 4.79 Å². The van der Waals surface area contributed by atoms with Crippen LogP contribution in [-0.4, -0.2) is 55.5 Å². The summed E-state index contributed by atoms with van der Waals surface area (Å²) in [5.74, 6) is -10.6. The average molecular weight is 812 g/mol. The third kappa shape index (κ3) is 6.17. The fourth-order valence-electron chi connectivity index (χ4n) is 8.75. The number of halogens is 8. The number of nitrogens with zero attached hydrogens (tertiary/aromatic N) is 3. The van der Waals surface area contributed by atoms with E-state index in [1.165, 1.54) is 24.3 Å². The van der Waals surface area contributed by atoms with Crippen molar-refractivity contribution in [2.75, 3.05) is 5.43 Å². The van der Waals surface area contributed by atoms with Gasteiger partial charge in [-0.2, -0.15) is 18.2 Å². The molecule has 290 valence electrons. The number of alkyl halides is 6. The number of anilines is 1. The molecule has 2 saturated heterocycles. The Labute approximate surface area is 319 Å². The van der Waals surface area contributed by atoms with E-state index in [9.17, 15) is 45.8 Å². The topological polar surface area (TPSA) is 129 Å².